The molecule has 0 unspecified atom stereocenters. The number of benzene rings is 3. The number of nitrogens with one attached hydrogen (secondary N) is 4. The zero-order valence-corrected chi connectivity index (χ0v) is 23.9. The van der Waals surface area contributed by atoms with E-state index >= 15 is 0 Å². The Labute approximate surface area is 227 Å². The molecule has 6 nitrogen and oxygen atoms in total. The van der Waals surface area contributed by atoms with Gasteiger partial charge in [-0.15, -0.1) is 0 Å². The van der Waals surface area contributed by atoms with Gasteiger partial charge in [0.15, 0.2) is 0 Å². The van der Waals surface area contributed by atoms with E-state index in [2.05, 4.69) is 49.0 Å². The van der Waals surface area contributed by atoms with Crippen LogP contribution in [-0.2, 0) is 11.1 Å². The van der Waals surface area contributed by atoms with Crippen LogP contribution in [0.5, 0.6) is 0 Å². The highest BCUT2D eigenvalue weighted by Gasteiger charge is 2.27. The molecule has 202 valence electrons. The maximum atomic E-state index is 12.8. The van der Waals surface area contributed by atoms with Crippen molar-refractivity contribution < 1.29 is 9.59 Å². The third kappa shape index (κ3) is 7.60. The maximum Gasteiger partial charge on any atom is 0.319 e. The molecule has 4 N–H and O–H groups in total. The monoisotopic (exact) mass is 514 g/mol. The van der Waals surface area contributed by atoms with Crippen LogP contribution in [0.3, 0.4) is 0 Å². The molecular formula is C32H42N4O2. The molecule has 0 aliphatic rings. The van der Waals surface area contributed by atoms with Crippen molar-refractivity contribution in [3.05, 3.63) is 95.1 Å². The molecule has 3 aromatic carbocycles. The Morgan fingerprint density at radius 1 is 0.579 bits per heavy atom. The molecule has 0 bridgehead atoms. The first-order valence-corrected chi connectivity index (χ1v) is 13.3. The molecule has 4 amide bonds. The van der Waals surface area contributed by atoms with E-state index in [0.29, 0.717) is 11.8 Å². The predicted octanol–water partition coefficient (Wildman–Crippen LogP) is 8.05. The van der Waals surface area contributed by atoms with Gasteiger partial charge in [-0.1, -0.05) is 76.2 Å². The SMILES string of the molecule is CC(C)c1ccc(NC(=O)NC(C)(C)c2cccc(C(C)(C)NC(=O)Nc3ccc(C(C)C)cc3)c2)cc1. The highest BCUT2D eigenvalue weighted by Crippen LogP contribution is 2.27. The van der Waals surface area contributed by atoms with Crippen molar-refractivity contribution in [1.82, 2.24) is 10.6 Å². The van der Waals surface area contributed by atoms with Crippen molar-refractivity contribution in [2.45, 2.75) is 78.3 Å². The average molecular weight is 515 g/mol. The molecule has 3 rings (SSSR count). The molecule has 6 heteroatoms. The number of hydrogen-bond acceptors (Lipinski definition) is 2. The second-order valence-corrected chi connectivity index (χ2v) is 11.5. The fourth-order valence-electron chi connectivity index (χ4n) is 4.24. The van der Waals surface area contributed by atoms with Gasteiger partial charge >= 0.3 is 12.1 Å². The van der Waals surface area contributed by atoms with E-state index in [0.717, 1.165) is 22.5 Å². The summed E-state index contributed by atoms with van der Waals surface area (Å²) in [6.45, 7) is 16.4. The minimum atomic E-state index is -0.644. The summed E-state index contributed by atoms with van der Waals surface area (Å²) in [4.78, 5) is 25.6. The highest BCUT2D eigenvalue weighted by atomic mass is 16.2. The number of carbonyl (C=O) groups is 2. The van der Waals surface area contributed by atoms with E-state index in [1.165, 1.54) is 11.1 Å². The van der Waals surface area contributed by atoms with Crippen molar-refractivity contribution in [1.29, 1.82) is 0 Å². The number of hydrogen-bond donors (Lipinski definition) is 4. The summed E-state index contributed by atoms with van der Waals surface area (Å²) in [5, 5.41) is 12.0. The number of anilines is 2. The van der Waals surface area contributed by atoms with Crippen molar-refractivity contribution >= 4 is 23.4 Å². The lowest BCUT2D eigenvalue weighted by Gasteiger charge is -2.31. The van der Waals surface area contributed by atoms with Gasteiger partial charge < -0.3 is 21.3 Å². The van der Waals surface area contributed by atoms with Gasteiger partial charge in [0, 0.05) is 11.4 Å². The summed E-state index contributed by atoms with van der Waals surface area (Å²) in [6, 6.07) is 23.2. The third-order valence-corrected chi connectivity index (χ3v) is 6.83. The van der Waals surface area contributed by atoms with Crippen LogP contribution in [0.1, 0.15) is 89.5 Å². The van der Waals surface area contributed by atoms with Gasteiger partial charge in [-0.25, -0.2) is 9.59 Å². The van der Waals surface area contributed by atoms with E-state index < -0.39 is 11.1 Å². The first kappa shape index (κ1) is 28.8. The van der Waals surface area contributed by atoms with Crippen molar-refractivity contribution in [3.63, 3.8) is 0 Å². The Hall–Kier alpha value is -3.80. The van der Waals surface area contributed by atoms with Crippen LogP contribution in [0.15, 0.2) is 72.8 Å². The molecule has 0 aliphatic carbocycles. The number of carbonyl (C=O) groups excluding carboxylic acids is 2. The molecule has 0 aliphatic heterocycles. The van der Waals surface area contributed by atoms with E-state index in [1.807, 2.05) is 100 Å². The molecule has 38 heavy (non-hydrogen) atoms. The third-order valence-electron chi connectivity index (χ3n) is 6.83. The topological polar surface area (TPSA) is 82.3 Å². The fourth-order valence-corrected chi connectivity index (χ4v) is 4.24. The molecule has 3 aromatic rings. The molecule has 0 saturated heterocycles. The maximum absolute atomic E-state index is 12.8. The molecule has 0 atom stereocenters. The Morgan fingerprint density at radius 2 is 0.921 bits per heavy atom. The molecule has 0 saturated carbocycles. The van der Waals surface area contributed by atoms with Gasteiger partial charge in [0.2, 0.25) is 0 Å². The molecular weight excluding hydrogens is 472 g/mol. The van der Waals surface area contributed by atoms with Crippen LogP contribution >= 0.6 is 0 Å². The Bertz CT molecular complexity index is 1150. The lowest BCUT2D eigenvalue weighted by Crippen LogP contribution is -2.45. The van der Waals surface area contributed by atoms with Gasteiger partial charge in [0.1, 0.15) is 0 Å². The summed E-state index contributed by atoms with van der Waals surface area (Å²) >= 11 is 0. The van der Waals surface area contributed by atoms with E-state index in [-0.39, 0.29) is 12.1 Å². The van der Waals surface area contributed by atoms with Crippen molar-refractivity contribution in [3.8, 4) is 0 Å². The molecule has 0 spiro atoms. The largest absolute Gasteiger partial charge is 0.329 e. The van der Waals surface area contributed by atoms with E-state index in [9.17, 15) is 9.59 Å². The fraction of sp³-hybridized carbons (Fsp3) is 0.375. The zero-order chi connectivity index (χ0) is 28.1. The van der Waals surface area contributed by atoms with Crippen molar-refractivity contribution in [2.24, 2.45) is 0 Å². The summed E-state index contributed by atoms with van der Waals surface area (Å²) in [7, 11) is 0. The summed E-state index contributed by atoms with van der Waals surface area (Å²) in [5.41, 5.74) is 4.50. The second-order valence-electron chi connectivity index (χ2n) is 11.5. The minimum absolute atomic E-state index is 0.280. The first-order chi connectivity index (χ1) is 17.8. The van der Waals surface area contributed by atoms with Crippen LogP contribution in [0.4, 0.5) is 21.0 Å². The first-order valence-electron chi connectivity index (χ1n) is 13.3. The van der Waals surface area contributed by atoms with Crippen LogP contribution in [-0.4, -0.2) is 12.1 Å². The second kappa shape index (κ2) is 11.7. The number of amides is 4. The summed E-state index contributed by atoms with van der Waals surface area (Å²) in [6.07, 6.45) is 0. The lowest BCUT2D eigenvalue weighted by atomic mass is 9.87. The number of urea groups is 2. The number of rotatable bonds is 8. The quantitative estimate of drug-likeness (QED) is 0.245. The lowest BCUT2D eigenvalue weighted by molar-refractivity contribution is 0.241. The standard InChI is InChI=1S/C32H42N4O2/c1-21(2)23-12-16-27(17-13-23)33-29(37)35-31(5,6)25-10-9-11-26(20-25)32(7,8)36-30(38)34-28-18-14-24(15-19-28)22(3)4/h9-22H,1-8H3,(H2,33,35,37)(H2,34,36,38). The van der Waals surface area contributed by atoms with Gasteiger partial charge in [-0.3, -0.25) is 0 Å². The van der Waals surface area contributed by atoms with E-state index in [4.69, 9.17) is 0 Å². The summed E-state index contributed by atoms with van der Waals surface area (Å²) in [5.74, 6) is 0.871. The highest BCUT2D eigenvalue weighted by molar-refractivity contribution is 5.90. The Kier molecular flexibility index (Phi) is 8.87. The van der Waals surface area contributed by atoms with Crippen LogP contribution in [0.2, 0.25) is 0 Å². The zero-order valence-electron chi connectivity index (χ0n) is 23.9. The van der Waals surface area contributed by atoms with Gasteiger partial charge in [0.25, 0.3) is 0 Å². The van der Waals surface area contributed by atoms with Crippen LogP contribution < -0.4 is 21.3 Å². The normalized spacial score (nSPS) is 11.8. The van der Waals surface area contributed by atoms with Gasteiger partial charge in [-0.05, 0) is 86.1 Å². The van der Waals surface area contributed by atoms with Gasteiger partial charge in [-0.2, -0.15) is 0 Å². The molecule has 0 heterocycles. The smallest absolute Gasteiger partial charge is 0.319 e. The average Bonchev–Trinajstić information content (AvgIpc) is 2.84. The molecule has 0 radical (unpaired) electrons. The van der Waals surface area contributed by atoms with Crippen LogP contribution in [0, 0.1) is 0 Å². The minimum Gasteiger partial charge on any atom is -0.329 e. The Morgan fingerprint density at radius 3 is 1.24 bits per heavy atom. The van der Waals surface area contributed by atoms with Crippen molar-refractivity contribution in [2.75, 3.05) is 10.6 Å². The molecule has 0 fully saturated rings. The molecule has 0 aromatic heterocycles. The van der Waals surface area contributed by atoms with Crippen LogP contribution in [0.25, 0.3) is 0 Å². The summed E-state index contributed by atoms with van der Waals surface area (Å²) < 4.78 is 0. The Balaban J connectivity index is 1.65. The van der Waals surface area contributed by atoms with E-state index in [1.54, 1.807) is 0 Å². The predicted molar refractivity (Wildman–Crippen MR) is 158 cm³/mol. The van der Waals surface area contributed by atoms with Gasteiger partial charge in [0.05, 0.1) is 11.1 Å².